The van der Waals surface area contributed by atoms with E-state index in [0.717, 1.165) is 12.8 Å². The highest BCUT2D eigenvalue weighted by Crippen LogP contribution is 2.35. The molecule has 6 heteroatoms. The smallest absolute Gasteiger partial charge is 0.321 e. The number of hydrogen-bond donors (Lipinski definition) is 2. The molecule has 0 bridgehead atoms. The third kappa shape index (κ3) is 3.85. The summed E-state index contributed by atoms with van der Waals surface area (Å²) in [6, 6.07) is 2.92. The van der Waals surface area contributed by atoms with E-state index in [4.69, 9.17) is 4.42 Å². The molecule has 6 nitrogen and oxygen atoms in total. The van der Waals surface area contributed by atoms with Crippen LogP contribution in [-0.2, 0) is 16.1 Å². The molecule has 1 aliphatic rings. The van der Waals surface area contributed by atoms with Crippen LogP contribution in [0.15, 0.2) is 22.8 Å². The Morgan fingerprint density at radius 3 is 2.90 bits per heavy atom. The second kappa shape index (κ2) is 6.30. The lowest BCUT2D eigenvalue weighted by molar-refractivity contribution is -0.151. The van der Waals surface area contributed by atoms with Crippen LogP contribution in [0.2, 0.25) is 0 Å². The summed E-state index contributed by atoms with van der Waals surface area (Å²) in [5.41, 5.74) is -0.328. The molecule has 2 heterocycles. The highest BCUT2D eigenvalue weighted by molar-refractivity contribution is 5.80. The molecule has 1 saturated heterocycles. The van der Waals surface area contributed by atoms with Crippen molar-refractivity contribution in [2.75, 3.05) is 13.1 Å². The molecule has 1 unspecified atom stereocenters. The minimum Gasteiger partial charge on any atom is -0.480 e. The topological polar surface area (TPSA) is 82.8 Å². The van der Waals surface area contributed by atoms with Gasteiger partial charge in [-0.05, 0) is 36.9 Å². The molecule has 0 saturated carbocycles. The fourth-order valence-electron chi connectivity index (χ4n) is 3.00. The van der Waals surface area contributed by atoms with E-state index < -0.39 is 12.0 Å². The fourth-order valence-corrected chi connectivity index (χ4v) is 3.00. The second-order valence-electron chi connectivity index (χ2n) is 6.16. The summed E-state index contributed by atoms with van der Waals surface area (Å²) in [6.45, 7) is 4.94. The molecule has 21 heavy (non-hydrogen) atoms. The first-order chi connectivity index (χ1) is 9.90. The third-order valence-electron chi connectivity index (χ3n) is 3.99. The first-order valence-electron chi connectivity index (χ1n) is 7.16. The molecule has 1 amide bonds. The molecule has 116 valence electrons. The van der Waals surface area contributed by atoms with Gasteiger partial charge in [-0.25, -0.2) is 0 Å². The summed E-state index contributed by atoms with van der Waals surface area (Å²) < 4.78 is 5.14. The van der Waals surface area contributed by atoms with Gasteiger partial charge in [-0.1, -0.05) is 13.8 Å². The largest absolute Gasteiger partial charge is 0.480 e. The van der Waals surface area contributed by atoms with Gasteiger partial charge in [-0.15, -0.1) is 0 Å². The molecule has 1 aromatic rings. The lowest BCUT2D eigenvalue weighted by Gasteiger charge is -2.43. The van der Waals surface area contributed by atoms with Crippen molar-refractivity contribution in [3.8, 4) is 0 Å². The van der Waals surface area contributed by atoms with Gasteiger partial charge in [-0.3, -0.25) is 14.5 Å². The molecule has 1 atom stereocenters. The molecule has 1 aromatic heterocycles. The summed E-state index contributed by atoms with van der Waals surface area (Å²) >= 11 is 0. The number of carboxylic acids is 1. The molecule has 1 aliphatic heterocycles. The van der Waals surface area contributed by atoms with E-state index in [0.29, 0.717) is 18.8 Å². The Kier molecular flexibility index (Phi) is 4.67. The van der Waals surface area contributed by atoms with Crippen LogP contribution in [0.5, 0.6) is 0 Å². The van der Waals surface area contributed by atoms with Crippen molar-refractivity contribution in [3.63, 3.8) is 0 Å². The monoisotopic (exact) mass is 294 g/mol. The zero-order chi connectivity index (χ0) is 15.5. The summed E-state index contributed by atoms with van der Waals surface area (Å²) in [5.74, 6) is -0.369. The number of carbonyl (C=O) groups excluding carboxylic acids is 1. The predicted octanol–water partition coefficient (Wildman–Crippen LogP) is 1.47. The van der Waals surface area contributed by atoms with Crippen LogP contribution in [0.25, 0.3) is 0 Å². The Morgan fingerprint density at radius 1 is 1.52 bits per heavy atom. The Morgan fingerprint density at radius 2 is 2.29 bits per heavy atom. The van der Waals surface area contributed by atoms with Gasteiger partial charge in [0.15, 0.2) is 0 Å². The quantitative estimate of drug-likeness (QED) is 0.859. The molecule has 0 radical (unpaired) electrons. The van der Waals surface area contributed by atoms with Crippen molar-refractivity contribution < 1.29 is 19.1 Å². The lowest BCUT2D eigenvalue weighted by atomic mass is 9.76. The van der Waals surface area contributed by atoms with Gasteiger partial charge in [0.1, 0.15) is 11.8 Å². The van der Waals surface area contributed by atoms with E-state index >= 15 is 0 Å². The van der Waals surface area contributed by atoms with Crippen LogP contribution >= 0.6 is 0 Å². The van der Waals surface area contributed by atoms with Crippen LogP contribution in [0, 0.1) is 5.41 Å². The van der Waals surface area contributed by atoms with Gasteiger partial charge >= 0.3 is 5.97 Å². The Balaban J connectivity index is 1.93. The zero-order valence-electron chi connectivity index (χ0n) is 12.5. The maximum Gasteiger partial charge on any atom is 0.321 e. The molecular weight excluding hydrogens is 272 g/mol. The van der Waals surface area contributed by atoms with Gasteiger partial charge < -0.3 is 14.8 Å². The number of nitrogens with zero attached hydrogens (tertiary/aromatic N) is 1. The van der Waals surface area contributed by atoms with Gasteiger partial charge in [0.25, 0.3) is 0 Å². The van der Waals surface area contributed by atoms with E-state index in [1.54, 1.807) is 23.3 Å². The number of furan rings is 1. The molecular formula is C15H22N2O4. The molecule has 2 rings (SSSR count). The Hall–Kier alpha value is -1.82. The molecule has 0 spiro atoms. The van der Waals surface area contributed by atoms with E-state index in [-0.39, 0.29) is 17.9 Å². The zero-order valence-corrected chi connectivity index (χ0v) is 12.5. The van der Waals surface area contributed by atoms with Crippen LogP contribution < -0.4 is 5.32 Å². The van der Waals surface area contributed by atoms with E-state index in [2.05, 4.69) is 5.32 Å². The predicted molar refractivity (Wildman–Crippen MR) is 76.6 cm³/mol. The average molecular weight is 294 g/mol. The van der Waals surface area contributed by atoms with Crippen molar-refractivity contribution in [2.24, 2.45) is 5.41 Å². The van der Waals surface area contributed by atoms with E-state index in [1.165, 1.54) is 0 Å². The Labute approximate surface area is 124 Å². The third-order valence-corrected chi connectivity index (χ3v) is 3.99. The fraction of sp³-hybridized carbons (Fsp3) is 0.600. The molecule has 0 aliphatic carbocycles. The minimum absolute atomic E-state index is 0.0983. The number of piperidine rings is 1. The number of likely N-dealkylation sites (tertiary alicyclic amines) is 1. The van der Waals surface area contributed by atoms with Crippen LogP contribution in [-0.4, -0.2) is 41.0 Å². The number of rotatable bonds is 5. The Bertz CT molecular complexity index is 496. The number of hydrogen-bond acceptors (Lipinski definition) is 4. The van der Waals surface area contributed by atoms with Crippen molar-refractivity contribution >= 4 is 11.9 Å². The number of carboxylic acid groups (broad SMARTS) is 1. The highest BCUT2D eigenvalue weighted by Gasteiger charge is 2.42. The normalized spacial score (nSPS) is 21.9. The molecule has 1 fully saturated rings. The summed E-state index contributed by atoms with van der Waals surface area (Å²) in [6.07, 6.45) is 3.31. The average Bonchev–Trinajstić information content (AvgIpc) is 2.87. The lowest BCUT2D eigenvalue weighted by Crippen LogP contribution is -2.56. The van der Waals surface area contributed by atoms with Crippen LogP contribution in [0.1, 0.15) is 32.4 Å². The highest BCUT2D eigenvalue weighted by atomic mass is 16.4. The van der Waals surface area contributed by atoms with Crippen molar-refractivity contribution in [3.05, 3.63) is 24.2 Å². The van der Waals surface area contributed by atoms with Gasteiger partial charge in [0.2, 0.25) is 5.91 Å². The van der Waals surface area contributed by atoms with Crippen LogP contribution in [0.3, 0.4) is 0 Å². The SMILES string of the molecule is CC1(C)CCCN(CC(=O)NCc2ccco2)C1C(=O)O. The van der Waals surface area contributed by atoms with Crippen molar-refractivity contribution in [2.45, 2.75) is 39.3 Å². The number of carbonyl (C=O) groups is 2. The summed E-state index contributed by atoms with van der Waals surface area (Å²) in [7, 11) is 0. The van der Waals surface area contributed by atoms with Crippen LogP contribution in [0.4, 0.5) is 0 Å². The summed E-state index contributed by atoms with van der Waals surface area (Å²) in [4.78, 5) is 25.3. The van der Waals surface area contributed by atoms with Gasteiger partial charge in [0.05, 0.1) is 19.4 Å². The molecule has 2 N–H and O–H groups in total. The number of amides is 1. The first kappa shape index (κ1) is 15.6. The maximum absolute atomic E-state index is 12.0. The van der Waals surface area contributed by atoms with Crippen molar-refractivity contribution in [1.29, 1.82) is 0 Å². The summed E-state index contributed by atoms with van der Waals surface area (Å²) in [5, 5.41) is 12.2. The number of aliphatic carboxylic acids is 1. The second-order valence-corrected chi connectivity index (χ2v) is 6.16. The van der Waals surface area contributed by atoms with Crippen molar-refractivity contribution in [1.82, 2.24) is 10.2 Å². The molecule has 0 aromatic carbocycles. The van der Waals surface area contributed by atoms with E-state index in [1.807, 2.05) is 13.8 Å². The number of nitrogens with one attached hydrogen (secondary N) is 1. The van der Waals surface area contributed by atoms with Gasteiger partial charge in [0, 0.05) is 0 Å². The van der Waals surface area contributed by atoms with E-state index in [9.17, 15) is 14.7 Å². The standard InChI is InChI=1S/C15H22N2O4/c1-15(2)6-4-7-17(13(15)14(19)20)10-12(18)16-9-11-5-3-8-21-11/h3,5,8,13H,4,6-7,9-10H2,1-2H3,(H,16,18)(H,19,20). The van der Waals surface area contributed by atoms with Gasteiger partial charge in [-0.2, -0.15) is 0 Å². The minimum atomic E-state index is -0.862. The first-order valence-corrected chi connectivity index (χ1v) is 7.16. The maximum atomic E-state index is 12.0.